The summed E-state index contributed by atoms with van der Waals surface area (Å²) in [5, 5.41) is 5.89. The molecule has 5 nitrogen and oxygen atoms in total. The topological polar surface area (TPSA) is 59.6 Å². The van der Waals surface area contributed by atoms with Crippen LogP contribution in [0.2, 0.25) is 0 Å². The van der Waals surface area contributed by atoms with Gasteiger partial charge < -0.3 is 20.1 Å². The molecule has 2 aromatic rings. The number of benzene rings is 2. The van der Waals surface area contributed by atoms with Crippen LogP contribution in [0.1, 0.15) is 37.1 Å². The lowest BCUT2D eigenvalue weighted by molar-refractivity contribution is 0.234. The highest BCUT2D eigenvalue weighted by Crippen LogP contribution is 2.29. The summed E-state index contributed by atoms with van der Waals surface area (Å²) in [6.45, 7) is 3.85. The van der Waals surface area contributed by atoms with Gasteiger partial charge in [-0.15, -0.1) is 0 Å². The van der Waals surface area contributed by atoms with E-state index >= 15 is 0 Å². The van der Waals surface area contributed by atoms with Crippen LogP contribution < -0.4 is 20.1 Å². The molecule has 0 aliphatic heterocycles. The second-order valence-corrected chi connectivity index (χ2v) is 6.54. The van der Waals surface area contributed by atoms with Crippen molar-refractivity contribution in [2.24, 2.45) is 0 Å². The number of halogens is 1. The zero-order chi connectivity index (χ0) is 18.4. The van der Waals surface area contributed by atoms with Crippen molar-refractivity contribution in [2.45, 2.75) is 25.9 Å². The Balaban J connectivity index is 2.04. The number of rotatable bonds is 6. The number of hydrogen-bond donors (Lipinski definition) is 2. The van der Waals surface area contributed by atoms with Crippen molar-refractivity contribution >= 4 is 22.0 Å². The van der Waals surface area contributed by atoms with E-state index in [2.05, 4.69) is 26.6 Å². The van der Waals surface area contributed by atoms with Crippen LogP contribution in [0, 0.1) is 0 Å². The molecule has 134 valence electrons. The molecule has 25 heavy (non-hydrogen) atoms. The van der Waals surface area contributed by atoms with Crippen molar-refractivity contribution in [1.82, 2.24) is 10.6 Å². The van der Waals surface area contributed by atoms with E-state index in [-0.39, 0.29) is 18.1 Å². The predicted molar refractivity (Wildman–Crippen MR) is 102 cm³/mol. The Kier molecular flexibility index (Phi) is 6.70. The Morgan fingerprint density at radius 3 is 2.20 bits per heavy atom. The van der Waals surface area contributed by atoms with Crippen LogP contribution >= 0.6 is 15.9 Å². The van der Waals surface area contributed by atoms with E-state index in [9.17, 15) is 4.79 Å². The number of ether oxygens (including phenoxy) is 2. The highest BCUT2D eigenvalue weighted by atomic mass is 79.9. The van der Waals surface area contributed by atoms with Gasteiger partial charge in [-0.3, -0.25) is 0 Å². The van der Waals surface area contributed by atoms with Gasteiger partial charge in [0.15, 0.2) is 0 Å². The number of urea groups is 1. The molecule has 2 unspecified atom stereocenters. The first-order chi connectivity index (χ1) is 12.0. The molecule has 0 radical (unpaired) electrons. The molecular weight excluding hydrogens is 384 g/mol. The average molecular weight is 407 g/mol. The summed E-state index contributed by atoms with van der Waals surface area (Å²) in [5.74, 6) is 1.38. The second kappa shape index (κ2) is 8.76. The zero-order valence-electron chi connectivity index (χ0n) is 14.8. The van der Waals surface area contributed by atoms with Crippen molar-refractivity contribution in [1.29, 1.82) is 0 Å². The van der Waals surface area contributed by atoms with E-state index in [1.165, 1.54) is 0 Å². The lowest BCUT2D eigenvalue weighted by Crippen LogP contribution is -2.38. The number of hydrogen-bond acceptors (Lipinski definition) is 3. The quantitative estimate of drug-likeness (QED) is 0.737. The molecule has 0 bridgehead atoms. The first-order valence-electron chi connectivity index (χ1n) is 7.99. The van der Waals surface area contributed by atoms with E-state index in [0.29, 0.717) is 11.5 Å². The molecule has 2 N–H and O–H groups in total. The molecule has 2 rings (SSSR count). The minimum Gasteiger partial charge on any atom is -0.497 e. The number of amides is 2. The zero-order valence-corrected chi connectivity index (χ0v) is 16.4. The van der Waals surface area contributed by atoms with Crippen LogP contribution in [0.25, 0.3) is 0 Å². The molecule has 0 aliphatic carbocycles. The predicted octanol–water partition coefficient (Wildman–Crippen LogP) is 4.59. The Labute approximate surface area is 156 Å². The first-order valence-corrected chi connectivity index (χ1v) is 8.79. The van der Waals surface area contributed by atoms with Gasteiger partial charge in [-0.2, -0.15) is 0 Å². The van der Waals surface area contributed by atoms with Crippen LogP contribution in [0.15, 0.2) is 46.9 Å². The van der Waals surface area contributed by atoms with Crippen LogP contribution in [0.3, 0.4) is 0 Å². The van der Waals surface area contributed by atoms with Gasteiger partial charge in [0, 0.05) is 16.1 Å². The van der Waals surface area contributed by atoms with Gasteiger partial charge >= 0.3 is 6.03 Å². The number of carbonyl (C=O) groups excluding carboxylic acids is 1. The van der Waals surface area contributed by atoms with Gasteiger partial charge in [-0.25, -0.2) is 4.79 Å². The Morgan fingerprint density at radius 1 is 0.960 bits per heavy atom. The standard InChI is InChI=1S/C19H23BrN2O3/c1-12(15-7-5-6-8-17(15)20)21-19(23)22-13(2)16-10-9-14(24-3)11-18(16)25-4/h5-13H,1-4H3,(H2,21,22,23). The molecule has 0 fully saturated rings. The molecule has 6 heteroatoms. The summed E-state index contributed by atoms with van der Waals surface area (Å²) < 4.78 is 11.6. The first kappa shape index (κ1) is 19.1. The van der Waals surface area contributed by atoms with Gasteiger partial charge in [0.25, 0.3) is 0 Å². The number of nitrogens with one attached hydrogen (secondary N) is 2. The normalized spacial score (nSPS) is 12.8. The Hall–Kier alpha value is -2.21. The molecule has 2 aromatic carbocycles. The molecule has 2 atom stereocenters. The fraction of sp³-hybridized carbons (Fsp3) is 0.316. The summed E-state index contributed by atoms with van der Waals surface area (Å²) >= 11 is 3.51. The monoisotopic (exact) mass is 406 g/mol. The summed E-state index contributed by atoms with van der Waals surface area (Å²) in [6.07, 6.45) is 0. The maximum atomic E-state index is 12.3. The number of carbonyl (C=O) groups is 1. The van der Waals surface area contributed by atoms with Crippen molar-refractivity contribution in [3.8, 4) is 11.5 Å². The smallest absolute Gasteiger partial charge is 0.315 e. The largest absolute Gasteiger partial charge is 0.497 e. The van der Waals surface area contributed by atoms with Crippen LogP contribution in [-0.4, -0.2) is 20.3 Å². The molecule has 2 amide bonds. The van der Waals surface area contributed by atoms with Crippen LogP contribution in [-0.2, 0) is 0 Å². The maximum absolute atomic E-state index is 12.3. The number of methoxy groups -OCH3 is 2. The van der Waals surface area contributed by atoms with E-state index in [4.69, 9.17) is 9.47 Å². The van der Waals surface area contributed by atoms with Gasteiger partial charge in [0.2, 0.25) is 0 Å². The Bertz CT molecular complexity index is 736. The minimum atomic E-state index is -0.242. The van der Waals surface area contributed by atoms with E-state index in [1.54, 1.807) is 20.3 Å². The van der Waals surface area contributed by atoms with Crippen molar-refractivity contribution in [2.75, 3.05) is 14.2 Å². The SMILES string of the molecule is COc1ccc(C(C)NC(=O)NC(C)c2ccccc2Br)c(OC)c1. The molecule has 0 saturated carbocycles. The third-order valence-corrected chi connectivity index (χ3v) is 4.70. The van der Waals surface area contributed by atoms with Crippen LogP contribution in [0.5, 0.6) is 11.5 Å². The molecule has 0 spiro atoms. The molecule has 0 heterocycles. The van der Waals surface area contributed by atoms with E-state index in [1.807, 2.05) is 50.2 Å². The summed E-state index contributed by atoms with van der Waals surface area (Å²) in [7, 11) is 3.20. The van der Waals surface area contributed by atoms with Gasteiger partial charge in [0.05, 0.1) is 26.3 Å². The van der Waals surface area contributed by atoms with Gasteiger partial charge in [-0.1, -0.05) is 34.1 Å². The van der Waals surface area contributed by atoms with Crippen LogP contribution in [0.4, 0.5) is 4.79 Å². The molecule has 0 aromatic heterocycles. The van der Waals surface area contributed by atoms with Gasteiger partial charge in [0.1, 0.15) is 11.5 Å². The average Bonchev–Trinajstić information content (AvgIpc) is 2.61. The lowest BCUT2D eigenvalue weighted by atomic mass is 10.1. The lowest BCUT2D eigenvalue weighted by Gasteiger charge is -2.21. The second-order valence-electron chi connectivity index (χ2n) is 5.69. The minimum absolute atomic E-state index is 0.125. The van der Waals surface area contributed by atoms with E-state index < -0.39 is 0 Å². The Morgan fingerprint density at radius 2 is 1.60 bits per heavy atom. The highest BCUT2D eigenvalue weighted by Gasteiger charge is 2.17. The fourth-order valence-electron chi connectivity index (χ4n) is 2.59. The highest BCUT2D eigenvalue weighted by molar-refractivity contribution is 9.10. The van der Waals surface area contributed by atoms with Gasteiger partial charge in [-0.05, 0) is 37.6 Å². The van der Waals surface area contributed by atoms with Crippen molar-refractivity contribution in [3.63, 3.8) is 0 Å². The van der Waals surface area contributed by atoms with Crippen molar-refractivity contribution < 1.29 is 14.3 Å². The summed E-state index contributed by atoms with van der Waals surface area (Å²) in [6, 6.07) is 12.8. The molecular formula is C19H23BrN2O3. The molecule has 0 saturated heterocycles. The third-order valence-electron chi connectivity index (χ3n) is 3.97. The van der Waals surface area contributed by atoms with Crippen molar-refractivity contribution in [3.05, 3.63) is 58.1 Å². The fourth-order valence-corrected chi connectivity index (χ4v) is 3.22. The maximum Gasteiger partial charge on any atom is 0.315 e. The van der Waals surface area contributed by atoms with E-state index in [0.717, 1.165) is 15.6 Å². The summed E-state index contributed by atoms with van der Waals surface area (Å²) in [5.41, 5.74) is 1.90. The third kappa shape index (κ3) is 4.89. The summed E-state index contributed by atoms with van der Waals surface area (Å²) in [4.78, 5) is 12.3. The molecule has 0 aliphatic rings.